The minimum atomic E-state index is -0.500. The summed E-state index contributed by atoms with van der Waals surface area (Å²) < 4.78 is 5.94. The van der Waals surface area contributed by atoms with Crippen LogP contribution in [0.2, 0.25) is 5.02 Å². The molecule has 0 amide bonds. The number of nitrogens with zero attached hydrogens (tertiary/aromatic N) is 2. The Balaban J connectivity index is 1.49. The van der Waals surface area contributed by atoms with Crippen molar-refractivity contribution in [1.82, 2.24) is 4.90 Å². The second kappa shape index (κ2) is 9.17. The Morgan fingerprint density at radius 3 is 2.25 bits per heavy atom. The number of aliphatic hydroxyl groups is 1. The number of rotatable bonds is 6. The average Bonchev–Trinajstić information content (AvgIpc) is 2.63. The first kappa shape index (κ1) is 21.0. The smallest absolute Gasteiger partial charge is 0.125 e. The molecule has 1 atom stereocenters. The Kier molecular flexibility index (Phi) is 6.86. The second-order valence-electron chi connectivity index (χ2n) is 7.91. The fourth-order valence-electron chi connectivity index (χ4n) is 4.02. The third kappa shape index (κ3) is 5.19. The largest absolute Gasteiger partial charge is 0.490 e. The van der Waals surface area contributed by atoms with Crippen LogP contribution in [0.25, 0.3) is 0 Å². The molecule has 1 N–H and O–H groups in total. The van der Waals surface area contributed by atoms with Gasteiger partial charge in [-0.1, -0.05) is 35.4 Å². The summed E-state index contributed by atoms with van der Waals surface area (Å²) in [6.45, 7) is 13.0. The van der Waals surface area contributed by atoms with Crippen molar-refractivity contribution >= 4 is 17.3 Å². The highest BCUT2D eigenvalue weighted by molar-refractivity contribution is 6.30. The minimum absolute atomic E-state index is 0.318. The monoisotopic (exact) mass is 402 g/mol. The lowest BCUT2D eigenvalue weighted by Crippen LogP contribution is -2.49. The summed E-state index contributed by atoms with van der Waals surface area (Å²) in [4.78, 5) is 4.68. The first-order valence-corrected chi connectivity index (χ1v) is 10.3. The molecule has 1 fully saturated rings. The lowest BCUT2D eigenvalue weighted by molar-refractivity contribution is 0.0658. The molecule has 28 heavy (non-hydrogen) atoms. The Bertz CT molecular complexity index is 793. The molecule has 1 aliphatic rings. The third-order valence-corrected chi connectivity index (χ3v) is 5.61. The molecular formula is C23H31ClN2O2. The molecule has 3 rings (SSSR count). The molecule has 0 aliphatic carbocycles. The van der Waals surface area contributed by atoms with Crippen molar-refractivity contribution in [3.63, 3.8) is 0 Å². The van der Waals surface area contributed by atoms with Gasteiger partial charge >= 0.3 is 0 Å². The van der Waals surface area contributed by atoms with E-state index in [0.717, 1.165) is 48.1 Å². The summed E-state index contributed by atoms with van der Waals surface area (Å²) in [6, 6.07) is 10.3. The number of benzene rings is 2. The zero-order chi connectivity index (χ0) is 20.3. The van der Waals surface area contributed by atoms with Crippen LogP contribution in [0.1, 0.15) is 22.3 Å². The first-order valence-electron chi connectivity index (χ1n) is 9.95. The van der Waals surface area contributed by atoms with Crippen LogP contribution >= 0.6 is 11.6 Å². The van der Waals surface area contributed by atoms with Crippen LogP contribution in [0, 0.1) is 27.7 Å². The van der Waals surface area contributed by atoms with Gasteiger partial charge in [-0.3, -0.25) is 4.90 Å². The number of aliphatic hydroxyl groups excluding tert-OH is 1. The van der Waals surface area contributed by atoms with Crippen molar-refractivity contribution in [2.24, 2.45) is 0 Å². The van der Waals surface area contributed by atoms with E-state index in [1.165, 1.54) is 16.8 Å². The molecular weight excluding hydrogens is 372 g/mol. The normalized spacial score (nSPS) is 16.3. The Morgan fingerprint density at radius 2 is 1.61 bits per heavy atom. The van der Waals surface area contributed by atoms with E-state index in [0.29, 0.717) is 13.2 Å². The van der Waals surface area contributed by atoms with Gasteiger partial charge in [0, 0.05) is 43.4 Å². The summed E-state index contributed by atoms with van der Waals surface area (Å²) in [7, 11) is 0. The Labute approximate surface area is 173 Å². The van der Waals surface area contributed by atoms with Crippen molar-refractivity contribution in [3.05, 3.63) is 57.6 Å². The number of β-amino-alcohol motifs (C(OH)–C–C–N with tert-alkyl or cyclic N) is 1. The van der Waals surface area contributed by atoms with Crippen LogP contribution in [0.15, 0.2) is 30.3 Å². The standard InChI is InChI=1S/C23H31ClN2O2/c1-16-11-18(3)23(19(4)12-16)28-15-21(27)14-25-7-9-26(10-8-25)22-13-20(24)6-5-17(22)2/h5-6,11-13,21,27H,7-10,14-15H2,1-4H3. The fraction of sp³-hybridized carbons (Fsp3) is 0.478. The van der Waals surface area contributed by atoms with E-state index in [1.807, 2.05) is 12.1 Å². The summed E-state index contributed by atoms with van der Waals surface area (Å²) in [5.41, 5.74) is 5.93. The van der Waals surface area contributed by atoms with Gasteiger partial charge in [0.1, 0.15) is 18.5 Å². The van der Waals surface area contributed by atoms with Crippen LogP contribution in [-0.4, -0.2) is 55.4 Å². The summed E-state index contributed by atoms with van der Waals surface area (Å²) in [6.07, 6.45) is -0.500. The van der Waals surface area contributed by atoms with Gasteiger partial charge < -0.3 is 14.7 Å². The Hall–Kier alpha value is -1.75. The zero-order valence-electron chi connectivity index (χ0n) is 17.3. The third-order valence-electron chi connectivity index (χ3n) is 5.38. The van der Waals surface area contributed by atoms with Gasteiger partial charge in [-0.25, -0.2) is 0 Å². The summed E-state index contributed by atoms with van der Waals surface area (Å²) in [5, 5.41) is 11.2. The van der Waals surface area contributed by atoms with E-state index >= 15 is 0 Å². The predicted octanol–water partition coefficient (Wildman–Crippen LogP) is 4.14. The number of ether oxygens (including phenoxy) is 1. The SMILES string of the molecule is Cc1cc(C)c(OCC(O)CN2CCN(c3cc(Cl)ccc3C)CC2)c(C)c1. The van der Waals surface area contributed by atoms with Gasteiger partial charge in [-0.2, -0.15) is 0 Å². The molecule has 4 nitrogen and oxygen atoms in total. The van der Waals surface area contributed by atoms with E-state index in [2.05, 4.69) is 55.7 Å². The van der Waals surface area contributed by atoms with Gasteiger partial charge in [0.15, 0.2) is 0 Å². The average molecular weight is 403 g/mol. The molecule has 1 saturated heterocycles. The number of aryl methyl sites for hydroxylation is 4. The van der Waals surface area contributed by atoms with E-state index < -0.39 is 6.10 Å². The highest BCUT2D eigenvalue weighted by Crippen LogP contribution is 2.26. The van der Waals surface area contributed by atoms with Gasteiger partial charge in [-0.05, 0) is 56.5 Å². The van der Waals surface area contributed by atoms with Crippen LogP contribution in [-0.2, 0) is 0 Å². The van der Waals surface area contributed by atoms with Gasteiger partial charge in [-0.15, -0.1) is 0 Å². The topological polar surface area (TPSA) is 35.9 Å². The molecule has 1 unspecified atom stereocenters. The van der Waals surface area contributed by atoms with Crippen LogP contribution in [0.5, 0.6) is 5.75 Å². The summed E-state index contributed by atoms with van der Waals surface area (Å²) >= 11 is 6.17. The number of hydrogen-bond donors (Lipinski definition) is 1. The van der Waals surface area contributed by atoms with Crippen molar-refractivity contribution in [2.45, 2.75) is 33.8 Å². The maximum atomic E-state index is 10.5. The van der Waals surface area contributed by atoms with E-state index in [4.69, 9.17) is 16.3 Å². The maximum Gasteiger partial charge on any atom is 0.125 e. The molecule has 0 saturated carbocycles. The van der Waals surface area contributed by atoms with Crippen LogP contribution in [0.4, 0.5) is 5.69 Å². The van der Waals surface area contributed by atoms with Crippen LogP contribution in [0.3, 0.4) is 0 Å². The number of anilines is 1. The highest BCUT2D eigenvalue weighted by Gasteiger charge is 2.21. The molecule has 0 spiro atoms. The molecule has 152 valence electrons. The summed E-state index contributed by atoms with van der Waals surface area (Å²) in [5.74, 6) is 0.894. The Morgan fingerprint density at radius 1 is 0.964 bits per heavy atom. The molecule has 2 aromatic carbocycles. The van der Waals surface area contributed by atoms with Gasteiger partial charge in [0.2, 0.25) is 0 Å². The highest BCUT2D eigenvalue weighted by atomic mass is 35.5. The molecule has 0 radical (unpaired) electrons. The molecule has 0 aromatic heterocycles. The predicted molar refractivity (Wildman–Crippen MR) is 117 cm³/mol. The van der Waals surface area contributed by atoms with Gasteiger partial charge in [0.25, 0.3) is 0 Å². The molecule has 1 aliphatic heterocycles. The van der Waals surface area contributed by atoms with Crippen molar-refractivity contribution in [2.75, 3.05) is 44.2 Å². The quantitative estimate of drug-likeness (QED) is 0.787. The zero-order valence-corrected chi connectivity index (χ0v) is 18.1. The van der Waals surface area contributed by atoms with E-state index in [1.54, 1.807) is 0 Å². The maximum absolute atomic E-state index is 10.5. The number of halogens is 1. The van der Waals surface area contributed by atoms with E-state index in [9.17, 15) is 5.11 Å². The molecule has 5 heteroatoms. The minimum Gasteiger partial charge on any atom is -0.490 e. The number of hydrogen-bond acceptors (Lipinski definition) is 4. The van der Waals surface area contributed by atoms with Gasteiger partial charge in [0.05, 0.1) is 0 Å². The van der Waals surface area contributed by atoms with Crippen molar-refractivity contribution < 1.29 is 9.84 Å². The van der Waals surface area contributed by atoms with Crippen molar-refractivity contribution in [3.8, 4) is 5.75 Å². The first-order chi connectivity index (χ1) is 13.3. The lowest BCUT2D eigenvalue weighted by atomic mass is 10.1. The molecule has 2 aromatic rings. The van der Waals surface area contributed by atoms with Crippen molar-refractivity contribution in [1.29, 1.82) is 0 Å². The second-order valence-corrected chi connectivity index (χ2v) is 8.35. The molecule has 0 bridgehead atoms. The van der Waals surface area contributed by atoms with Crippen LogP contribution < -0.4 is 9.64 Å². The van der Waals surface area contributed by atoms with E-state index in [-0.39, 0.29) is 0 Å². The number of piperazine rings is 1. The molecule has 1 heterocycles. The fourth-order valence-corrected chi connectivity index (χ4v) is 4.19. The lowest BCUT2D eigenvalue weighted by Gasteiger charge is -2.37.